The summed E-state index contributed by atoms with van der Waals surface area (Å²) in [4.78, 5) is 12.4. The van der Waals surface area contributed by atoms with Crippen LogP contribution >= 0.6 is 11.6 Å². The van der Waals surface area contributed by atoms with Crippen molar-refractivity contribution in [3.63, 3.8) is 0 Å². The second kappa shape index (κ2) is 12.1. The third kappa shape index (κ3) is 7.52. The van der Waals surface area contributed by atoms with Gasteiger partial charge in [-0.05, 0) is 74.2 Å². The van der Waals surface area contributed by atoms with Crippen LogP contribution in [0.5, 0.6) is 11.5 Å². The molecule has 0 radical (unpaired) electrons. The SMILES string of the molecule is COc1ccc(S(=O)(=O)N2CCC(NC(=O)NCCCCOc3ccc(Cl)cc3)CC2)cc1. The lowest BCUT2D eigenvalue weighted by Gasteiger charge is -2.31. The fourth-order valence-electron chi connectivity index (χ4n) is 3.52. The molecule has 2 N–H and O–H groups in total. The highest BCUT2D eigenvalue weighted by Gasteiger charge is 2.29. The number of piperidine rings is 1. The predicted octanol–water partition coefficient (Wildman–Crippen LogP) is 3.66. The highest BCUT2D eigenvalue weighted by Crippen LogP contribution is 2.23. The van der Waals surface area contributed by atoms with Crippen LogP contribution in [-0.4, -0.2) is 58.1 Å². The van der Waals surface area contributed by atoms with Crippen LogP contribution in [0.15, 0.2) is 53.4 Å². The fourth-order valence-corrected chi connectivity index (χ4v) is 5.12. The molecule has 0 aromatic heterocycles. The average Bonchev–Trinajstić information content (AvgIpc) is 2.83. The Bertz CT molecular complexity index is 992. The van der Waals surface area contributed by atoms with E-state index in [1.807, 2.05) is 12.1 Å². The first-order chi connectivity index (χ1) is 15.9. The number of rotatable bonds is 10. The lowest BCUT2D eigenvalue weighted by atomic mass is 10.1. The smallest absolute Gasteiger partial charge is 0.315 e. The van der Waals surface area contributed by atoms with Gasteiger partial charge in [0.1, 0.15) is 11.5 Å². The zero-order valence-electron chi connectivity index (χ0n) is 18.6. The Morgan fingerprint density at radius 3 is 2.30 bits per heavy atom. The van der Waals surface area contributed by atoms with Gasteiger partial charge in [0, 0.05) is 30.7 Å². The van der Waals surface area contributed by atoms with Crippen molar-refractivity contribution in [3.05, 3.63) is 53.6 Å². The number of carbonyl (C=O) groups is 1. The normalized spacial score (nSPS) is 15.1. The largest absolute Gasteiger partial charge is 0.497 e. The van der Waals surface area contributed by atoms with E-state index in [1.54, 1.807) is 36.4 Å². The molecular weight excluding hydrogens is 466 g/mol. The van der Waals surface area contributed by atoms with Crippen LogP contribution in [0.3, 0.4) is 0 Å². The average molecular weight is 496 g/mol. The summed E-state index contributed by atoms with van der Waals surface area (Å²) in [6, 6.07) is 13.3. The maximum atomic E-state index is 12.8. The molecule has 10 heteroatoms. The van der Waals surface area contributed by atoms with Crippen molar-refractivity contribution in [2.24, 2.45) is 0 Å². The number of unbranched alkanes of at least 4 members (excludes halogenated alkanes) is 1. The molecule has 0 bridgehead atoms. The van der Waals surface area contributed by atoms with Crippen LogP contribution in [0, 0.1) is 0 Å². The van der Waals surface area contributed by atoms with Gasteiger partial charge in [-0.3, -0.25) is 0 Å². The molecule has 1 aliphatic heterocycles. The van der Waals surface area contributed by atoms with E-state index in [-0.39, 0.29) is 17.0 Å². The number of carbonyl (C=O) groups excluding carboxylic acids is 1. The molecule has 0 atom stereocenters. The summed E-state index contributed by atoms with van der Waals surface area (Å²) >= 11 is 5.84. The van der Waals surface area contributed by atoms with E-state index in [2.05, 4.69) is 10.6 Å². The van der Waals surface area contributed by atoms with Gasteiger partial charge in [0.05, 0.1) is 18.6 Å². The number of hydrogen-bond acceptors (Lipinski definition) is 5. The third-order valence-corrected chi connectivity index (χ3v) is 7.59. The minimum Gasteiger partial charge on any atom is -0.497 e. The number of nitrogens with zero attached hydrogens (tertiary/aromatic N) is 1. The van der Waals surface area contributed by atoms with E-state index in [4.69, 9.17) is 21.1 Å². The summed E-state index contributed by atoms with van der Waals surface area (Å²) in [6.07, 6.45) is 2.74. The molecule has 33 heavy (non-hydrogen) atoms. The maximum Gasteiger partial charge on any atom is 0.315 e. The van der Waals surface area contributed by atoms with Crippen LogP contribution in [-0.2, 0) is 10.0 Å². The molecule has 1 aliphatic rings. The predicted molar refractivity (Wildman–Crippen MR) is 127 cm³/mol. The lowest BCUT2D eigenvalue weighted by Crippen LogP contribution is -2.49. The van der Waals surface area contributed by atoms with E-state index in [0.29, 0.717) is 49.9 Å². The molecule has 2 amide bonds. The van der Waals surface area contributed by atoms with E-state index in [9.17, 15) is 13.2 Å². The number of nitrogens with one attached hydrogen (secondary N) is 2. The number of benzene rings is 2. The van der Waals surface area contributed by atoms with Gasteiger partial charge in [-0.2, -0.15) is 4.31 Å². The monoisotopic (exact) mass is 495 g/mol. The number of hydrogen-bond donors (Lipinski definition) is 2. The molecule has 8 nitrogen and oxygen atoms in total. The molecular formula is C23H30ClN3O5S. The summed E-state index contributed by atoms with van der Waals surface area (Å²) in [5.74, 6) is 1.38. The molecule has 1 heterocycles. The Labute approximate surface area is 200 Å². The number of amides is 2. The first-order valence-electron chi connectivity index (χ1n) is 11.0. The summed E-state index contributed by atoms with van der Waals surface area (Å²) in [7, 11) is -2.02. The summed E-state index contributed by atoms with van der Waals surface area (Å²) < 4.78 is 37.8. The van der Waals surface area contributed by atoms with Gasteiger partial charge >= 0.3 is 6.03 Å². The summed E-state index contributed by atoms with van der Waals surface area (Å²) in [5.41, 5.74) is 0. The summed E-state index contributed by atoms with van der Waals surface area (Å²) in [6.45, 7) is 1.83. The quantitative estimate of drug-likeness (QED) is 0.490. The second-order valence-corrected chi connectivity index (χ2v) is 10.1. The number of urea groups is 1. The molecule has 1 fully saturated rings. The highest BCUT2D eigenvalue weighted by molar-refractivity contribution is 7.89. The van der Waals surface area contributed by atoms with Crippen LogP contribution in [0.25, 0.3) is 0 Å². The highest BCUT2D eigenvalue weighted by atomic mass is 35.5. The zero-order chi connectivity index (χ0) is 23.7. The van der Waals surface area contributed by atoms with Crippen molar-refractivity contribution >= 4 is 27.7 Å². The van der Waals surface area contributed by atoms with Gasteiger partial charge in [0.15, 0.2) is 0 Å². The number of methoxy groups -OCH3 is 1. The topological polar surface area (TPSA) is 97.0 Å². The van der Waals surface area contributed by atoms with Crippen LogP contribution in [0.2, 0.25) is 5.02 Å². The fraction of sp³-hybridized carbons (Fsp3) is 0.435. The summed E-state index contributed by atoms with van der Waals surface area (Å²) in [5, 5.41) is 6.45. The third-order valence-electron chi connectivity index (χ3n) is 5.43. The Kier molecular flexibility index (Phi) is 9.22. The number of ether oxygens (including phenoxy) is 2. The molecule has 3 rings (SSSR count). The first-order valence-corrected chi connectivity index (χ1v) is 12.8. The number of sulfonamides is 1. The van der Waals surface area contributed by atoms with Crippen molar-refractivity contribution < 1.29 is 22.7 Å². The molecule has 0 unspecified atom stereocenters. The minimum absolute atomic E-state index is 0.0550. The van der Waals surface area contributed by atoms with Gasteiger partial charge in [-0.15, -0.1) is 0 Å². The number of halogens is 1. The van der Waals surface area contributed by atoms with Gasteiger partial charge in [-0.25, -0.2) is 13.2 Å². The van der Waals surface area contributed by atoms with Crippen LogP contribution in [0.4, 0.5) is 4.79 Å². The van der Waals surface area contributed by atoms with Crippen molar-refractivity contribution in [3.8, 4) is 11.5 Å². The van der Waals surface area contributed by atoms with Gasteiger partial charge in [0.2, 0.25) is 10.0 Å². The van der Waals surface area contributed by atoms with Crippen molar-refractivity contribution in [2.75, 3.05) is 33.4 Å². The first kappa shape index (κ1) is 25.1. The Morgan fingerprint density at radius 2 is 1.67 bits per heavy atom. The Morgan fingerprint density at radius 1 is 1.03 bits per heavy atom. The molecule has 2 aromatic rings. The standard InChI is InChI=1S/C23H30ClN3O5S/c1-31-20-8-10-22(11-9-20)33(29,30)27-15-12-19(13-16-27)26-23(28)25-14-2-3-17-32-21-6-4-18(24)5-7-21/h4-11,19H,2-3,12-17H2,1H3,(H2,25,26,28). The van der Waals surface area contributed by atoms with Crippen molar-refractivity contribution in [1.82, 2.24) is 14.9 Å². The lowest BCUT2D eigenvalue weighted by molar-refractivity contribution is 0.227. The second-order valence-electron chi connectivity index (χ2n) is 7.76. The minimum atomic E-state index is -3.55. The molecule has 0 aliphatic carbocycles. The van der Waals surface area contributed by atoms with Crippen LogP contribution < -0.4 is 20.1 Å². The van der Waals surface area contributed by atoms with E-state index in [1.165, 1.54) is 11.4 Å². The zero-order valence-corrected chi connectivity index (χ0v) is 20.2. The Balaban J connectivity index is 1.31. The maximum absolute atomic E-state index is 12.8. The van der Waals surface area contributed by atoms with E-state index < -0.39 is 10.0 Å². The molecule has 0 spiro atoms. The molecule has 180 valence electrons. The van der Waals surface area contributed by atoms with Crippen LogP contribution in [0.1, 0.15) is 25.7 Å². The molecule has 1 saturated heterocycles. The van der Waals surface area contributed by atoms with E-state index >= 15 is 0 Å². The van der Waals surface area contributed by atoms with Crippen molar-refractivity contribution in [2.45, 2.75) is 36.6 Å². The molecule has 0 saturated carbocycles. The Hall–Kier alpha value is -2.49. The van der Waals surface area contributed by atoms with Gasteiger partial charge in [0.25, 0.3) is 0 Å². The molecule has 2 aromatic carbocycles. The van der Waals surface area contributed by atoms with Gasteiger partial charge < -0.3 is 20.1 Å². The van der Waals surface area contributed by atoms with Crippen molar-refractivity contribution in [1.29, 1.82) is 0 Å². The van der Waals surface area contributed by atoms with Gasteiger partial charge in [-0.1, -0.05) is 11.6 Å². The van der Waals surface area contributed by atoms with E-state index in [0.717, 1.165) is 18.6 Å².